The number of rotatable bonds is 4. The van der Waals surface area contributed by atoms with Crippen molar-refractivity contribution in [2.45, 2.75) is 45.1 Å². The third-order valence-corrected chi connectivity index (χ3v) is 6.16. The van der Waals surface area contributed by atoms with Gasteiger partial charge >= 0.3 is 0 Å². The second kappa shape index (κ2) is 7.04. The van der Waals surface area contributed by atoms with Gasteiger partial charge in [-0.05, 0) is 57.5 Å². The van der Waals surface area contributed by atoms with Crippen LogP contribution < -0.4 is 15.5 Å². The summed E-state index contributed by atoms with van der Waals surface area (Å²) in [5.41, 5.74) is 1.48. The maximum atomic E-state index is 6.28. The predicted octanol–water partition coefficient (Wildman–Crippen LogP) is 3.26. The van der Waals surface area contributed by atoms with Gasteiger partial charge in [-0.3, -0.25) is 5.10 Å². The summed E-state index contributed by atoms with van der Waals surface area (Å²) < 4.78 is 0. The molecule has 2 aromatic heterocycles. The molecule has 1 spiro atoms. The summed E-state index contributed by atoms with van der Waals surface area (Å²) in [7, 11) is 2.09. The van der Waals surface area contributed by atoms with E-state index in [2.05, 4.69) is 42.7 Å². The van der Waals surface area contributed by atoms with Crippen LogP contribution in [0, 0.1) is 12.3 Å². The maximum Gasteiger partial charge on any atom is 0.227 e. The molecule has 8 heteroatoms. The van der Waals surface area contributed by atoms with Crippen molar-refractivity contribution in [3.8, 4) is 0 Å². The molecule has 0 aromatic carbocycles. The van der Waals surface area contributed by atoms with Gasteiger partial charge in [0, 0.05) is 24.8 Å². The highest BCUT2D eigenvalue weighted by atomic mass is 35.5. The molecule has 7 nitrogen and oxygen atoms in total. The monoisotopic (exact) mass is 375 g/mol. The molecule has 2 fully saturated rings. The number of nitrogens with zero attached hydrogens (tertiary/aromatic N) is 4. The van der Waals surface area contributed by atoms with Crippen LogP contribution >= 0.6 is 11.6 Å². The molecule has 26 heavy (non-hydrogen) atoms. The van der Waals surface area contributed by atoms with Gasteiger partial charge in [-0.2, -0.15) is 10.1 Å². The van der Waals surface area contributed by atoms with Crippen LogP contribution in [0.25, 0.3) is 0 Å². The van der Waals surface area contributed by atoms with Crippen LogP contribution in [0.15, 0.2) is 12.3 Å². The number of hydrogen-bond acceptors (Lipinski definition) is 6. The van der Waals surface area contributed by atoms with Crippen molar-refractivity contribution in [3.63, 3.8) is 0 Å². The molecule has 2 aliphatic rings. The Morgan fingerprint density at radius 1 is 1.31 bits per heavy atom. The van der Waals surface area contributed by atoms with Crippen molar-refractivity contribution in [2.75, 3.05) is 30.4 Å². The van der Waals surface area contributed by atoms with Crippen LogP contribution in [0.4, 0.5) is 17.6 Å². The molecule has 1 aliphatic heterocycles. The summed E-state index contributed by atoms with van der Waals surface area (Å²) in [6, 6.07) is 2.40. The number of aromatic amines is 1. The fourth-order valence-corrected chi connectivity index (χ4v) is 4.44. The molecule has 0 bridgehead atoms. The zero-order chi connectivity index (χ0) is 18.1. The number of H-pyrrole nitrogens is 1. The number of anilines is 3. The van der Waals surface area contributed by atoms with Crippen molar-refractivity contribution in [3.05, 3.63) is 23.0 Å². The third kappa shape index (κ3) is 3.50. The zero-order valence-corrected chi connectivity index (χ0v) is 16.1. The lowest BCUT2D eigenvalue weighted by molar-refractivity contribution is 0.207. The number of piperidine rings is 1. The Kier molecular flexibility index (Phi) is 4.75. The largest absolute Gasteiger partial charge is 0.341 e. The fourth-order valence-electron chi connectivity index (χ4n) is 4.30. The van der Waals surface area contributed by atoms with E-state index in [0.29, 0.717) is 34.1 Å². The van der Waals surface area contributed by atoms with E-state index in [9.17, 15) is 0 Å². The van der Waals surface area contributed by atoms with E-state index in [0.717, 1.165) is 18.8 Å². The molecule has 140 valence electrons. The van der Waals surface area contributed by atoms with Gasteiger partial charge in [-0.15, -0.1) is 0 Å². The Morgan fingerprint density at radius 3 is 2.85 bits per heavy atom. The Hall–Kier alpha value is -1.86. The molecule has 1 saturated heterocycles. The van der Waals surface area contributed by atoms with Gasteiger partial charge < -0.3 is 15.5 Å². The first-order valence-corrected chi connectivity index (χ1v) is 9.68. The van der Waals surface area contributed by atoms with Crippen LogP contribution in [-0.2, 0) is 0 Å². The fraction of sp³-hybridized carbons (Fsp3) is 0.611. The average molecular weight is 376 g/mol. The highest BCUT2D eigenvalue weighted by Crippen LogP contribution is 2.46. The predicted molar refractivity (Wildman–Crippen MR) is 104 cm³/mol. The smallest absolute Gasteiger partial charge is 0.227 e. The highest BCUT2D eigenvalue weighted by Gasteiger charge is 2.41. The first kappa shape index (κ1) is 17.5. The standard InChI is InChI=1S/C18H26ClN7/c1-12-9-15(25-24-12)22-16-14(19)11-21-17(23-16)26(2)13-3-4-18(10-13)5-7-20-8-6-18/h9,11,13,20H,3-8,10H2,1-2H3,(H2,21,22,23,24,25). The molecular weight excluding hydrogens is 350 g/mol. The van der Waals surface area contributed by atoms with E-state index in [1.54, 1.807) is 6.20 Å². The van der Waals surface area contributed by atoms with E-state index in [-0.39, 0.29) is 0 Å². The van der Waals surface area contributed by atoms with Gasteiger partial charge in [0.2, 0.25) is 5.95 Å². The molecule has 0 radical (unpaired) electrons. The van der Waals surface area contributed by atoms with Crippen LogP contribution in [0.2, 0.25) is 5.02 Å². The van der Waals surface area contributed by atoms with Gasteiger partial charge in [0.1, 0.15) is 5.02 Å². The Morgan fingerprint density at radius 2 is 2.12 bits per heavy atom. The first-order chi connectivity index (χ1) is 12.5. The molecule has 4 rings (SSSR count). The van der Waals surface area contributed by atoms with E-state index in [1.807, 2.05) is 13.0 Å². The average Bonchev–Trinajstić information content (AvgIpc) is 3.23. The van der Waals surface area contributed by atoms with Crippen LogP contribution in [0.3, 0.4) is 0 Å². The minimum Gasteiger partial charge on any atom is -0.341 e. The summed E-state index contributed by atoms with van der Waals surface area (Å²) in [6.45, 7) is 4.24. The topological polar surface area (TPSA) is 81.8 Å². The van der Waals surface area contributed by atoms with Gasteiger partial charge in [0.15, 0.2) is 11.6 Å². The molecule has 1 atom stereocenters. The molecule has 0 amide bonds. The lowest BCUT2D eigenvalue weighted by atomic mass is 9.77. The van der Waals surface area contributed by atoms with E-state index < -0.39 is 0 Å². The Bertz CT molecular complexity index is 769. The van der Waals surface area contributed by atoms with Crippen molar-refractivity contribution in [2.24, 2.45) is 5.41 Å². The number of aromatic nitrogens is 4. The summed E-state index contributed by atoms with van der Waals surface area (Å²) in [4.78, 5) is 11.3. The molecule has 2 aromatic rings. The number of halogens is 1. The number of aryl methyl sites for hydroxylation is 1. The lowest BCUT2D eigenvalue weighted by Crippen LogP contribution is -2.37. The van der Waals surface area contributed by atoms with E-state index in [1.165, 1.54) is 32.1 Å². The van der Waals surface area contributed by atoms with Gasteiger partial charge in [-0.1, -0.05) is 11.6 Å². The van der Waals surface area contributed by atoms with Gasteiger partial charge in [0.05, 0.1) is 6.20 Å². The van der Waals surface area contributed by atoms with Crippen molar-refractivity contribution < 1.29 is 0 Å². The lowest BCUT2D eigenvalue weighted by Gasteiger charge is -2.35. The highest BCUT2D eigenvalue weighted by molar-refractivity contribution is 6.32. The molecule has 3 heterocycles. The molecule has 1 aliphatic carbocycles. The second-order valence-electron chi connectivity index (χ2n) is 7.69. The normalized spacial score (nSPS) is 21.9. The molecule has 3 N–H and O–H groups in total. The minimum atomic E-state index is 0.481. The Labute approximate surface area is 158 Å². The minimum absolute atomic E-state index is 0.481. The summed E-state index contributed by atoms with van der Waals surface area (Å²) in [6.07, 6.45) is 7.95. The van der Waals surface area contributed by atoms with E-state index >= 15 is 0 Å². The number of hydrogen-bond donors (Lipinski definition) is 3. The zero-order valence-electron chi connectivity index (χ0n) is 15.3. The molecule has 1 unspecified atom stereocenters. The molecular formula is C18H26ClN7. The molecule has 1 saturated carbocycles. The Balaban J connectivity index is 1.49. The van der Waals surface area contributed by atoms with E-state index in [4.69, 9.17) is 11.6 Å². The maximum absolute atomic E-state index is 6.28. The van der Waals surface area contributed by atoms with Crippen molar-refractivity contribution in [1.82, 2.24) is 25.5 Å². The van der Waals surface area contributed by atoms with Crippen LogP contribution in [-0.4, -0.2) is 46.3 Å². The van der Waals surface area contributed by atoms with Crippen LogP contribution in [0.5, 0.6) is 0 Å². The van der Waals surface area contributed by atoms with Crippen LogP contribution in [0.1, 0.15) is 37.8 Å². The summed E-state index contributed by atoms with van der Waals surface area (Å²) >= 11 is 6.28. The van der Waals surface area contributed by atoms with Crippen molar-refractivity contribution in [1.29, 1.82) is 0 Å². The second-order valence-corrected chi connectivity index (χ2v) is 8.09. The van der Waals surface area contributed by atoms with Gasteiger partial charge in [-0.25, -0.2) is 4.98 Å². The summed E-state index contributed by atoms with van der Waals surface area (Å²) in [5, 5.41) is 14.2. The van der Waals surface area contributed by atoms with Gasteiger partial charge in [0.25, 0.3) is 0 Å². The quantitative estimate of drug-likeness (QED) is 0.760. The SMILES string of the molecule is Cc1cc(Nc2nc(N(C)C3CCC4(CCNCC4)C3)ncc2Cl)n[nH]1. The van der Waals surface area contributed by atoms with Crippen molar-refractivity contribution >= 4 is 29.2 Å². The summed E-state index contributed by atoms with van der Waals surface area (Å²) in [5.74, 6) is 2.00. The number of nitrogens with one attached hydrogen (secondary N) is 3. The first-order valence-electron chi connectivity index (χ1n) is 9.30. The third-order valence-electron chi connectivity index (χ3n) is 5.89.